The predicted molar refractivity (Wildman–Crippen MR) is 95.0 cm³/mol. The van der Waals surface area contributed by atoms with Crippen molar-refractivity contribution in [3.8, 4) is 11.4 Å². The standard InChI is InChI=1S/C16H14N6O6/c1-10-9-12(21(24)25)5-8-14(10)17-15-16(22(26)27)18-19(20(15)23)11-3-6-13(28-2)7-4-11/h3-9,23H,1-2H3. The van der Waals surface area contributed by atoms with Gasteiger partial charge in [0.1, 0.15) is 11.4 Å². The maximum atomic E-state index is 11.4. The molecule has 0 spiro atoms. The Morgan fingerprint density at radius 1 is 1.11 bits per heavy atom. The molecule has 12 nitrogen and oxygen atoms in total. The van der Waals surface area contributed by atoms with Gasteiger partial charge >= 0.3 is 5.82 Å². The summed E-state index contributed by atoms with van der Waals surface area (Å²) in [7, 11) is 1.49. The first-order valence-electron chi connectivity index (χ1n) is 7.82. The van der Waals surface area contributed by atoms with Gasteiger partial charge in [0.25, 0.3) is 11.2 Å². The number of ether oxygens (including phenoxy) is 1. The molecule has 0 unspecified atom stereocenters. The summed E-state index contributed by atoms with van der Waals surface area (Å²) in [6.45, 7) is 1.56. The summed E-state index contributed by atoms with van der Waals surface area (Å²) in [4.78, 5) is 26.3. The zero-order valence-corrected chi connectivity index (χ0v) is 14.7. The van der Waals surface area contributed by atoms with Gasteiger partial charge in [-0.2, -0.15) is 0 Å². The molecule has 144 valence electrons. The van der Waals surface area contributed by atoms with Crippen molar-refractivity contribution >= 4 is 17.2 Å². The average Bonchev–Trinajstić information content (AvgIpc) is 3.00. The molecule has 0 aliphatic carbocycles. The van der Waals surface area contributed by atoms with E-state index in [1.54, 1.807) is 31.2 Å². The van der Waals surface area contributed by atoms with E-state index in [9.17, 15) is 25.4 Å². The molecular weight excluding hydrogens is 372 g/mol. The van der Waals surface area contributed by atoms with Crippen molar-refractivity contribution in [2.45, 2.75) is 6.92 Å². The Morgan fingerprint density at radius 3 is 2.32 bits per heavy atom. The van der Waals surface area contributed by atoms with Crippen LogP contribution in [0.3, 0.4) is 0 Å². The molecule has 0 amide bonds. The molecule has 1 aromatic heterocycles. The van der Waals surface area contributed by atoms with E-state index >= 15 is 0 Å². The maximum Gasteiger partial charge on any atom is 0.438 e. The second-order valence-electron chi connectivity index (χ2n) is 5.62. The second-order valence-corrected chi connectivity index (χ2v) is 5.62. The molecule has 1 heterocycles. The summed E-state index contributed by atoms with van der Waals surface area (Å²) in [5.74, 6) is -0.127. The Bertz CT molecular complexity index is 1130. The van der Waals surface area contributed by atoms with Crippen molar-refractivity contribution in [2.24, 2.45) is 4.99 Å². The summed E-state index contributed by atoms with van der Waals surface area (Å²) >= 11 is 0. The summed E-state index contributed by atoms with van der Waals surface area (Å²) in [6.07, 6.45) is 0. The first-order chi connectivity index (χ1) is 13.3. The molecular formula is C16H14N6O6. The van der Waals surface area contributed by atoms with Crippen LogP contribution < -0.4 is 10.2 Å². The summed E-state index contributed by atoms with van der Waals surface area (Å²) in [5.41, 5.74) is 0.370. The van der Waals surface area contributed by atoms with E-state index in [2.05, 4.69) is 10.1 Å². The van der Waals surface area contributed by atoms with Crippen molar-refractivity contribution in [3.63, 3.8) is 0 Å². The number of benzene rings is 2. The molecule has 12 heteroatoms. The van der Waals surface area contributed by atoms with E-state index in [0.717, 1.165) is 4.80 Å². The van der Waals surface area contributed by atoms with Crippen LogP contribution in [0.2, 0.25) is 0 Å². The molecule has 1 N–H and O–H groups in total. The van der Waals surface area contributed by atoms with E-state index in [0.29, 0.717) is 21.8 Å². The number of nitro groups is 2. The second kappa shape index (κ2) is 7.19. The van der Waals surface area contributed by atoms with Crippen LogP contribution in [-0.4, -0.2) is 36.9 Å². The van der Waals surface area contributed by atoms with Crippen LogP contribution in [0.1, 0.15) is 5.56 Å². The Morgan fingerprint density at radius 2 is 1.79 bits per heavy atom. The number of rotatable bonds is 5. The number of nitro benzene ring substituents is 1. The van der Waals surface area contributed by atoms with E-state index in [-0.39, 0.29) is 11.4 Å². The van der Waals surface area contributed by atoms with Crippen LogP contribution in [0.15, 0.2) is 47.5 Å². The lowest BCUT2D eigenvalue weighted by Gasteiger charge is -2.02. The van der Waals surface area contributed by atoms with Crippen LogP contribution in [0.25, 0.3) is 5.69 Å². The summed E-state index contributed by atoms with van der Waals surface area (Å²) in [5, 5.41) is 36.4. The highest BCUT2D eigenvalue weighted by Crippen LogP contribution is 2.23. The van der Waals surface area contributed by atoms with Gasteiger partial charge in [0.2, 0.25) is 0 Å². The minimum Gasteiger partial charge on any atom is -0.497 e. The van der Waals surface area contributed by atoms with E-state index in [1.807, 2.05) is 0 Å². The monoisotopic (exact) mass is 386 g/mol. The lowest BCUT2D eigenvalue weighted by atomic mass is 10.2. The van der Waals surface area contributed by atoms with Gasteiger partial charge in [-0.15, -0.1) is 0 Å². The molecule has 28 heavy (non-hydrogen) atoms. The molecule has 0 fully saturated rings. The number of aromatic nitrogens is 3. The molecule has 0 aliphatic heterocycles. The summed E-state index contributed by atoms with van der Waals surface area (Å²) in [6, 6.07) is 10.1. The van der Waals surface area contributed by atoms with E-state index in [4.69, 9.17) is 4.74 Å². The fourth-order valence-electron chi connectivity index (χ4n) is 2.44. The third-order valence-electron chi connectivity index (χ3n) is 3.85. The van der Waals surface area contributed by atoms with Crippen molar-refractivity contribution in [3.05, 3.63) is 73.7 Å². The molecule has 0 aliphatic rings. The Hall–Kier alpha value is -4.22. The Labute approximate surface area is 156 Å². The van der Waals surface area contributed by atoms with Crippen molar-refractivity contribution in [2.75, 3.05) is 7.11 Å². The number of hydrogen-bond donors (Lipinski definition) is 1. The van der Waals surface area contributed by atoms with Gasteiger partial charge in [0.15, 0.2) is 0 Å². The van der Waals surface area contributed by atoms with Gasteiger partial charge in [0, 0.05) is 12.1 Å². The minimum atomic E-state index is -0.785. The molecule has 0 bridgehead atoms. The first kappa shape index (κ1) is 18.6. The molecule has 2 aromatic carbocycles. The fraction of sp³-hybridized carbons (Fsp3) is 0.125. The zero-order chi connectivity index (χ0) is 20.4. The van der Waals surface area contributed by atoms with Crippen LogP contribution in [-0.2, 0) is 0 Å². The molecule has 3 rings (SSSR count). The normalized spacial score (nSPS) is 11.4. The molecule has 0 radical (unpaired) electrons. The Balaban J connectivity index is 2.17. The third-order valence-corrected chi connectivity index (χ3v) is 3.85. The lowest BCUT2D eigenvalue weighted by molar-refractivity contribution is -0.391. The quantitative estimate of drug-likeness (QED) is 0.401. The number of non-ortho nitro benzene ring substituents is 1. The number of aryl methyl sites for hydroxylation is 1. The Kier molecular flexibility index (Phi) is 4.76. The molecule has 3 aromatic rings. The van der Waals surface area contributed by atoms with Gasteiger partial charge in [0.05, 0.1) is 22.8 Å². The van der Waals surface area contributed by atoms with Gasteiger partial charge in [-0.1, -0.05) is 4.85 Å². The number of nitrogens with zero attached hydrogens (tertiary/aromatic N) is 6. The van der Waals surface area contributed by atoms with Crippen LogP contribution >= 0.6 is 0 Å². The largest absolute Gasteiger partial charge is 0.497 e. The van der Waals surface area contributed by atoms with Crippen LogP contribution in [0.5, 0.6) is 5.75 Å². The van der Waals surface area contributed by atoms with Gasteiger partial charge < -0.3 is 20.1 Å². The third kappa shape index (κ3) is 3.38. The van der Waals surface area contributed by atoms with Gasteiger partial charge in [-0.25, -0.2) is 4.99 Å². The molecule has 0 saturated heterocycles. The van der Waals surface area contributed by atoms with Crippen LogP contribution in [0.4, 0.5) is 17.2 Å². The smallest absolute Gasteiger partial charge is 0.438 e. The average molecular weight is 386 g/mol. The predicted octanol–water partition coefficient (Wildman–Crippen LogP) is 2.28. The van der Waals surface area contributed by atoms with E-state index in [1.165, 1.54) is 25.3 Å². The highest BCUT2D eigenvalue weighted by Gasteiger charge is 2.24. The van der Waals surface area contributed by atoms with Gasteiger partial charge in [-0.05, 0) is 52.5 Å². The first-order valence-corrected chi connectivity index (χ1v) is 7.82. The van der Waals surface area contributed by atoms with Crippen LogP contribution in [0, 0.1) is 27.2 Å². The highest BCUT2D eigenvalue weighted by atomic mass is 16.6. The van der Waals surface area contributed by atoms with Crippen molar-refractivity contribution in [1.82, 2.24) is 14.7 Å². The zero-order valence-electron chi connectivity index (χ0n) is 14.7. The SMILES string of the molecule is COc1ccc(-n2nc([N+](=O)[O-])c(=Nc3ccc([N+](=O)[O-])cc3C)n2O)cc1. The minimum absolute atomic E-state index is 0.142. The molecule has 0 saturated carbocycles. The lowest BCUT2D eigenvalue weighted by Crippen LogP contribution is -2.22. The number of methoxy groups -OCH3 is 1. The summed E-state index contributed by atoms with van der Waals surface area (Å²) < 4.78 is 5.05. The van der Waals surface area contributed by atoms with E-state index < -0.39 is 21.2 Å². The van der Waals surface area contributed by atoms with Crippen molar-refractivity contribution < 1.29 is 19.8 Å². The maximum absolute atomic E-state index is 11.4. The highest BCUT2D eigenvalue weighted by molar-refractivity contribution is 5.51. The number of hydrogen-bond acceptors (Lipinski definition) is 8. The topological polar surface area (TPSA) is 151 Å². The van der Waals surface area contributed by atoms with Gasteiger partial charge in [-0.3, -0.25) is 10.1 Å². The molecule has 0 atom stereocenters. The van der Waals surface area contributed by atoms with Crippen molar-refractivity contribution in [1.29, 1.82) is 0 Å². The fourth-order valence-corrected chi connectivity index (χ4v) is 2.44.